The Balaban J connectivity index is 2.15. The number of nitrogens with one attached hydrogen (secondary N) is 1. The molecule has 1 N–H and O–H groups in total. The van der Waals surface area contributed by atoms with Crippen LogP contribution in [0.1, 0.15) is 24.2 Å². The van der Waals surface area contributed by atoms with Gasteiger partial charge in [-0.15, -0.1) is 11.3 Å². The van der Waals surface area contributed by atoms with Crippen LogP contribution in [0.2, 0.25) is 0 Å². The number of hydrogen-bond acceptors (Lipinski definition) is 3. The first kappa shape index (κ1) is 12.4. The molecule has 1 atom stereocenters. The van der Waals surface area contributed by atoms with E-state index in [1.807, 2.05) is 17.9 Å². The molecule has 0 amide bonds. The van der Waals surface area contributed by atoms with E-state index in [4.69, 9.17) is 0 Å². The molecular weight excluding hydrogens is 254 g/mol. The topological polar surface area (TPSA) is 29.9 Å². The quantitative estimate of drug-likeness (QED) is 0.789. The molecule has 1 unspecified atom stereocenters. The lowest BCUT2D eigenvalue weighted by Crippen LogP contribution is -2.24. The van der Waals surface area contributed by atoms with Crippen molar-refractivity contribution in [3.8, 4) is 0 Å². The van der Waals surface area contributed by atoms with Crippen LogP contribution in [-0.2, 0) is 7.05 Å². The van der Waals surface area contributed by atoms with E-state index in [0.717, 1.165) is 6.54 Å². The smallest absolute Gasteiger partial charge is 0.0762 e. The predicted molar refractivity (Wildman–Crippen MR) is 80.6 cm³/mol. The molecule has 2 aromatic heterocycles. The van der Waals surface area contributed by atoms with Gasteiger partial charge >= 0.3 is 0 Å². The summed E-state index contributed by atoms with van der Waals surface area (Å²) in [4.78, 5) is 0. The second-order valence-corrected chi connectivity index (χ2v) is 5.47. The van der Waals surface area contributed by atoms with Gasteiger partial charge in [0.05, 0.1) is 11.7 Å². The summed E-state index contributed by atoms with van der Waals surface area (Å²) in [6.45, 7) is 3.07. The summed E-state index contributed by atoms with van der Waals surface area (Å²) < 4.78 is 3.30. The molecule has 0 aliphatic rings. The molecule has 0 radical (unpaired) electrons. The summed E-state index contributed by atoms with van der Waals surface area (Å²) in [7, 11) is 1.99. The SMILES string of the molecule is CCNC(c1cccc2ccsc12)c1ccnn1C. The van der Waals surface area contributed by atoms with Gasteiger partial charge in [0.25, 0.3) is 0 Å². The summed E-state index contributed by atoms with van der Waals surface area (Å²) in [5.41, 5.74) is 2.53. The van der Waals surface area contributed by atoms with Gasteiger partial charge in [-0.05, 0) is 35.0 Å². The number of nitrogens with zero attached hydrogens (tertiary/aromatic N) is 2. The molecule has 1 aromatic carbocycles. The maximum absolute atomic E-state index is 4.29. The molecule has 3 aromatic rings. The summed E-state index contributed by atoms with van der Waals surface area (Å²) in [5.74, 6) is 0. The Bertz CT molecular complexity index is 683. The molecule has 3 rings (SSSR count). The Morgan fingerprint density at radius 3 is 2.95 bits per heavy atom. The van der Waals surface area contributed by atoms with E-state index >= 15 is 0 Å². The van der Waals surface area contributed by atoms with Gasteiger partial charge in [0.1, 0.15) is 0 Å². The van der Waals surface area contributed by atoms with Crippen LogP contribution < -0.4 is 5.32 Å². The van der Waals surface area contributed by atoms with Crippen LogP contribution >= 0.6 is 11.3 Å². The molecule has 98 valence electrons. The van der Waals surface area contributed by atoms with Gasteiger partial charge in [0.2, 0.25) is 0 Å². The highest BCUT2D eigenvalue weighted by atomic mass is 32.1. The average Bonchev–Trinajstić information content (AvgIpc) is 3.04. The molecule has 0 saturated heterocycles. The Labute approximate surface area is 116 Å². The summed E-state index contributed by atoms with van der Waals surface area (Å²) in [5, 5.41) is 11.3. The minimum absolute atomic E-state index is 0.194. The van der Waals surface area contributed by atoms with Crippen molar-refractivity contribution >= 4 is 21.4 Å². The molecule has 4 heteroatoms. The number of aromatic nitrogens is 2. The van der Waals surface area contributed by atoms with Gasteiger partial charge < -0.3 is 5.32 Å². The third-order valence-corrected chi connectivity index (χ3v) is 4.36. The maximum Gasteiger partial charge on any atom is 0.0762 e. The third-order valence-electron chi connectivity index (χ3n) is 3.38. The fraction of sp³-hybridized carbons (Fsp3) is 0.267. The van der Waals surface area contributed by atoms with Crippen LogP contribution in [0, 0.1) is 0 Å². The van der Waals surface area contributed by atoms with Crippen LogP contribution in [0.4, 0.5) is 0 Å². The lowest BCUT2D eigenvalue weighted by Gasteiger charge is -2.19. The van der Waals surface area contributed by atoms with Crippen LogP contribution in [0.5, 0.6) is 0 Å². The van der Waals surface area contributed by atoms with Crippen molar-refractivity contribution in [2.75, 3.05) is 6.54 Å². The number of hydrogen-bond donors (Lipinski definition) is 1. The average molecular weight is 271 g/mol. The molecule has 0 spiro atoms. The van der Waals surface area contributed by atoms with Crippen LogP contribution in [0.3, 0.4) is 0 Å². The number of aryl methyl sites for hydroxylation is 1. The third kappa shape index (κ3) is 2.17. The number of rotatable bonds is 4. The highest BCUT2D eigenvalue weighted by Gasteiger charge is 2.18. The van der Waals surface area contributed by atoms with E-state index in [-0.39, 0.29) is 6.04 Å². The standard InChI is InChI=1S/C15H17N3S/c1-3-16-14(13-7-9-17-18(13)2)12-6-4-5-11-8-10-19-15(11)12/h4-10,14,16H,3H2,1-2H3. The zero-order valence-electron chi connectivity index (χ0n) is 11.1. The van der Waals surface area contributed by atoms with E-state index in [9.17, 15) is 0 Å². The molecular formula is C15H17N3S. The molecule has 19 heavy (non-hydrogen) atoms. The van der Waals surface area contributed by atoms with Gasteiger partial charge in [-0.25, -0.2) is 0 Å². The van der Waals surface area contributed by atoms with Crippen molar-refractivity contribution in [3.63, 3.8) is 0 Å². The predicted octanol–water partition coefficient (Wildman–Crippen LogP) is 3.33. The van der Waals surface area contributed by atoms with Gasteiger partial charge in [0, 0.05) is 17.9 Å². The van der Waals surface area contributed by atoms with E-state index in [2.05, 4.69) is 53.1 Å². The highest BCUT2D eigenvalue weighted by molar-refractivity contribution is 7.17. The lowest BCUT2D eigenvalue weighted by atomic mass is 10.0. The van der Waals surface area contributed by atoms with Gasteiger partial charge in [-0.1, -0.05) is 25.1 Å². The molecule has 0 aliphatic carbocycles. The van der Waals surface area contributed by atoms with Crippen molar-refractivity contribution in [1.82, 2.24) is 15.1 Å². The summed E-state index contributed by atoms with van der Waals surface area (Å²) in [6, 6.07) is 11.0. The van der Waals surface area contributed by atoms with Crippen molar-refractivity contribution in [2.45, 2.75) is 13.0 Å². The zero-order valence-corrected chi connectivity index (χ0v) is 11.9. The molecule has 3 nitrogen and oxygen atoms in total. The number of benzene rings is 1. The van der Waals surface area contributed by atoms with Crippen LogP contribution in [0.25, 0.3) is 10.1 Å². The normalized spacial score (nSPS) is 12.9. The second-order valence-electron chi connectivity index (χ2n) is 4.56. The van der Waals surface area contributed by atoms with Crippen molar-refractivity contribution in [1.29, 1.82) is 0 Å². The van der Waals surface area contributed by atoms with E-state index in [1.165, 1.54) is 21.3 Å². The molecule has 0 saturated carbocycles. The first-order chi connectivity index (χ1) is 9.31. The fourth-order valence-corrected chi connectivity index (χ4v) is 3.43. The van der Waals surface area contributed by atoms with E-state index in [1.54, 1.807) is 11.3 Å². The summed E-state index contributed by atoms with van der Waals surface area (Å²) in [6.07, 6.45) is 1.86. The Hall–Kier alpha value is -1.65. The minimum atomic E-state index is 0.194. The van der Waals surface area contributed by atoms with Crippen molar-refractivity contribution < 1.29 is 0 Å². The molecule has 0 bridgehead atoms. The molecule has 0 fully saturated rings. The van der Waals surface area contributed by atoms with E-state index < -0.39 is 0 Å². The second kappa shape index (κ2) is 5.15. The Kier molecular flexibility index (Phi) is 3.36. The number of thiophene rings is 1. The van der Waals surface area contributed by atoms with Crippen molar-refractivity contribution in [3.05, 3.63) is 53.2 Å². The highest BCUT2D eigenvalue weighted by Crippen LogP contribution is 2.32. The minimum Gasteiger partial charge on any atom is -0.305 e. The Morgan fingerprint density at radius 2 is 2.21 bits per heavy atom. The summed E-state index contributed by atoms with van der Waals surface area (Å²) >= 11 is 1.80. The first-order valence-corrected chi connectivity index (χ1v) is 7.36. The Morgan fingerprint density at radius 1 is 1.32 bits per heavy atom. The maximum atomic E-state index is 4.29. The molecule has 2 heterocycles. The largest absolute Gasteiger partial charge is 0.305 e. The van der Waals surface area contributed by atoms with Crippen LogP contribution in [-0.4, -0.2) is 16.3 Å². The lowest BCUT2D eigenvalue weighted by molar-refractivity contribution is 0.576. The molecule has 0 aliphatic heterocycles. The van der Waals surface area contributed by atoms with E-state index in [0.29, 0.717) is 0 Å². The van der Waals surface area contributed by atoms with Gasteiger partial charge in [-0.2, -0.15) is 5.10 Å². The fourth-order valence-electron chi connectivity index (χ4n) is 2.49. The monoisotopic (exact) mass is 271 g/mol. The van der Waals surface area contributed by atoms with Crippen molar-refractivity contribution in [2.24, 2.45) is 7.05 Å². The van der Waals surface area contributed by atoms with Gasteiger partial charge in [-0.3, -0.25) is 4.68 Å². The zero-order chi connectivity index (χ0) is 13.2. The van der Waals surface area contributed by atoms with Gasteiger partial charge in [0.15, 0.2) is 0 Å². The van der Waals surface area contributed by atoms with Crippen LogP contribution in [0.15, 0.2) is 41.9 Å². The number of fused-ring (bicyclic) bond motifs is 1. The first-order valence-electron chi connectivity index (χ1n) is 6.48.